The third-order valence-corrected chi connectivity index (χ3v) is 8.05. The molecule has 1 saturated carbocycles. The number of hydrogen-bond acceptors (Lipinski definition) is 5. The highest BCUT2D eigenvalue weighted by Crippen LogP contribution is 2.41. The van der Waals surface area contributed by atoms with Crippen molar-refractivity contribution in [3.8, 4) is 11.3 Å². The lowest BCUT2D eigenvalue weighted by atomic mass is 10.2. The van der Waals surface area contributed by atoms with Gasteiger partial charge in [0.05, 0.1) is 16.8 Å². The van der Waals surface area contributed by atoms with Gasteiger partial charge in [0.25, 0.3) is 10.0 Å². The van der Waals surface area contributed by atoms with Gasteiger partial charge < -0.3 is 4.42 Å². The summed E-state index contributed by atoms with van der Waals surface area (Å²) >= 11 is 1.71. The van der Waals surface area contributed by atoms with Crippen LogP contribution in [0.2, 0.25) is 0 Å². The number of fused-ring (bicyclic) bond motifs is 1. The summed E-state index contributed by atoms with van der Waals surface area (Å²) in [5, 5.41) is 0. The topological polar surface area (TPSA) is 63.4 Å². The van der Waals surface area contributed by atoms with Gasteiger partial charge in [0, 0.05) is 22.9 Å². The van der Waals surface area contributed by atoms with Crippen molar-refractivity contribution in [2.24, 2.45) is 0 Å². The van der Waals surface area contributed by atoms with Crippen molar-refractivity contribution >= 4 is 27.5 Å². The Morgan fingerprint density at radius 3 is 2.64 bits per heavy atom. The minimum absolute atomic E-state index is 0.292. The summed E-state index contributed by atoms with van der Waals surface area (Å²) in [4.78, 5) is 5.64. The number of aromatic nitrogens is 1. The summed E-state index contributed by atoms with van der Waals surface area (Å²) in [6, 6.07) is 14.6. The minimum atomic E-state index is -3.62. The molecule has 3 aromatic rings. The van der Waals surface area contributed by atoms with E-state index in [0.29, 0.717) is 23.1 Å². The molecular weight excluding hydrogens is 392 g/mol. The number of anilines is 1. The summed E-state index contributed by atoms with van der Waals surface area (Å²) in [6.45, 7) is 0.487. The van der Waals surface area contributed by atoms with Crippen LogP contribution in [-0.2, 0) is 10.0 Å². The molecule has 0 radical (unpaired) electrons. The predicted octanol–water partition coefficient (Wildman–Crippen LogP) is 4.91. The molecule has 2 aliphatic rings. The number of rotatable bonds is 4. The molecule has 0 unspecified atom stereocenters. The van der Waals surface area contributed by atoms with Crippen LogP contribution >= 0.6 is 11.8 Å². The molecule has 0 bridgehead atoms. The van der Waals surface area contributed by atoms with Crippen LogP contribution in [0.3, 0.4) is 0 Å². The summed E-state index contributed by atoms with van der Waals surface area (Å²) in [5.74, 6) is 2.83. The molecule has 2 heterocycles. The quantitative estimate of drug-likeness (QED) is 0.609. The molecule has 1 fully saturated rings. The smallest absolute Gasteiger partial charge is 0.264 e. The molecule has 0 saturated heterocycles. The molecule has 1 aromatic heterocycles. The van der Waals surface area contributed by atoms with Crippen molar-refractivity contribution in [3.63, 3.8) is 0 Å². The van der Waals surface area contributed by atoms with E-state index in [1.807, 2.05) is 24.3 Å². The number of sulfonamides is 1. The van der Waals surface area contributed by atoms with Crippen molar-refractivity contribution in [2.45, 2.75) is 35.0 Å². The number of oxazole rings is 1. The Balaban J connectivity index is 1.46. The third-order valence-electron chi connectivity index (χ3n) is 5.07. The number of thioether (sulfide) groups is 1. The maximum Gasteiger partial charge on any atom is 0.264 e. The van der Waals surface area contributed by atoms with E-state index in [0.717, 1.165) is 47.1 Å². The van der Waals surface area contributed by atoms with Crippen LogP contribution in [0.25, 0.3) is 11.3 Å². The van der Waals surface area contributed by atoms with Crippen LogP contribution in [0.5, 0.6) is 0 Å². The van der Waals surface area contributed by atoms with Gasteiger partial charge in [-0.05, 0) is 61.4 Å². The first-order valence-corrected chi connectivity index (χ1v) is 11.9. The van der Waals surface area contributed by atoms with Gasteiger partial charge in [0.2, 0.25) is 0 Å². The van der Waals surface area contributed by atoms with Crippen LogP contribution in [-0.4, -0.2) is 25.7 Å². The predicted molar refractivity (Wildman–Crippen MR) is 110 cm³/mol. The summed E-state index contributed by atoms with van der Waals surface area (Å²) in [7, 11) is -3.62. The van der Waals surface area contributed by atoms with Crippen LogP contribution in [0.15, 0.2) is 68.9 Å². The Morgan fingerprint density at radius 2 is 1.86 bits per heavy atom. The van der Waals surface area contributed by atoms with Crippen LogP contribution in [0, 0.1) is 0 Å². The Kier molecular flexibility index (Phi) is 4.44. The summed E-state index contributed by atoms with van der Waals surface area (Å²) in [5.41, 5.74) is 1.60. The standard InChI is InChI=1S/C21H20N2O3S2/c24-28(25,23-12-3-13-27-20-5-2-1-4-18(20)23)17-10-8-15(9-11-17)19-14-22-21(26-19)16-6-7-16/h1-2,4-5,8-11,14,16H,3,6-7,12-13H2. The minimum Gasteiger partial charge on any atom is -0.440 e. The van der Waals surface area contributed by atoms with Gasteiger partial charge in [-0.15, -0.1) is 11.8 Å². The molecule has 0 N–H and O–H groups in total. The average Bonchev–Trinajstić information content (AvgIpc) is 3.49. The van der Waals surface area contributed by atoms with Gasteiger partial charge in [-0.2, -0.15) is 0 Å². The summed E-state index contributed by atoms with van der Waals surface area (Å²) < 4.78 is 34.0. The highest BCUT2D eigenvalue weighted by atomic mass is 32.2. The Hall–Kier alpha value is -2.25. The third kappa shape index (κ3) is 3.22. The fourth-order valence-electron chi connectivity index (χ4n) is 3.40. The average molecular weight is 413 g/mol. The molecular formula is C21H20N2O3S2. The van der Waals surface area contributed by atoms with Crippen LogP contribution in [0.4, 0.5) is 5.69 Å². The molecule has 28 heavy (non-hydrogen) atoms. The maximum atomic E-state index is 13.3. The molecule has 1 aliphatic heterocycles. The first kappa shape index (κ1) is 17.8. The zero-order chi connectivity index (χ0) is 19.1. The molecule has 5 rings (SSSR count). The maximum absolute atomic E-state index is 13.3. The Labute approximate surface area is 168 Å². The van der Waals surface area contributed by atoms with Gasteiger partial charge >= 0.3 is 0 Å². The van der Waals surface area contributed by atoms with Crippen molar-refractivity contribution in [2.75, 3.05) is 16.6 Å². The summed E-state index contributed by atoms with van der Waals surface area (Å²) in [6.07, 6.45) is 4.80. The van der Waals surface area contributed by atoms with Gasteiger partial charge in [-0.1, -0.05) is 12.1 Å². The van der Waals surface area contributed by atoms with E-state index in [2.05, 4.69) is 4.98 Å². The Morgan fingerprint density at radius 1 is 1.07 bits per heavy atom. The fraction of sp³-hybridized carbons (Fsp3) is 0.286. The first-order chi connectivity index (χ1) is 13.6. The lowest BCUT2D eigenvalue weighted by Crippen LogP contribution is -2.31. The van der Waals surface area contributed by atoms with E-state index in [1.165, 1.54) is 4.31 Å². The van der Waals surface area contributed by atoms with Crippen LogP contribution in [0.1, 0.15) is 31.1 Å². The highest BCUT2D eigenvalue weighted by Gasteiger charge is 2.30. The molecule has 144 valence electrons. The van der Waals surface area contributed by atoms with E-state index in [-0.39, 0.29) is 0 Å². The second kappa shape index (κ2) is 6.97. The van der Waals surface area contributed by atoms with Gasteiger partial charge in [0.1, 0.15) is 0 Å². The lowest BCUT2D eigenvalue weighted by Gasteiger charge is -2.24. The SMILES string of the molecule is O=S(=O)(c1ccc(-c2cnc(C3CC3)o2)cc1)N1CCCSc2ccccc21. The fourth-order valence-corrected chi connectivity index (χ4v) is 5.98. The second-order valence-corrected chi connectivity index (χ2v) is 10.1. The number of benzene rings is 2. The lowest BCUT2D eigenvalue weighted by molar-refractivity contribution is 0.509. The van der Waals surface area contributed by atoms with E-state index < -0.39 is 10.0 Å². The largest absolute Gasteiger partial charge is 0.440 e. The highest BCUT2D eigenvalue weighted by molar-refractivity contribution is 7.99. The zero-order valence-corrected chi connectivity index (χ0v) is 16.9. The van der Waals surface area contributed by atoms with Gasteiger partial charge in [0.15, 0.2) is 11.7 Å². The number of hydrogen-bond donors (Lipinski definition) is 0. The zero-order valence-electron chi connectivity index (χ0n) is 15.2. The monoisotopic (exact) mass is 412 g/mol. The van der Waals surface area contributed by atoms with Crippen molar-refractivity contribution in [1.82, 2.24) is 4.98 Å². The second-order valence-electron chi connectivity index (χ2n) is 7.11. The first-order valence-electron chi connectivity index (χ1n) is 9.44. The number of para-hydroxylation sites is 1. The van der Waals surface area contributed by atoms with Crippen molar-refractivity contribution in [1.29, 1.82) is 0 Å². The van der Waals surface area contributed by atoms with Crippen LogP contribution < -0.4 is 4.31 Å². The molecule has 2 aromatic carbocycles. The van der Waals surface area contributed by atoms with E-state index in [9.17, 15) is 8.42 Å². The molecule has 0 amide bonds. The van der Waals surface area contributed by atoms with Crippen molar-refractivity contribution in [3.05, 3.63) is 60.6 Å². The molecule has 5 nitrogen and oxygen atoms in total. The Bertz CT molecular complexity index is 1100. The van der Waals surface area contributed by atoms with Gasteiger partial charge in [-0.25, -0.2) is 13.4 Å². The molecule has 7 heteroatoms. The molecule has 0 atom stereocenters. The molecule has 0 spiro atoms. The van der Waals surface area contributed by atoms with Crippen molar-refractivity contribution < 1.29 is 12.8 Å². The number of nitrogens with zero attached hydrogens (tertiary/aromatic N) is 2. The molecule has 1 aliphatic carbocycles. The van der Waals surface area contributed by atoms with Gasteiger partial charge in [-0.3, -0.25) is 4.31 Å². The van der Waals surface area contributed by atoms with E-state index >= 15 is 0 Å². The van der Waals surface area contributed by atoms with E-state index in [1.54, 1.807) is 42.2 Å². The normalized spacial score (nSPS) is 17.2. The van der Waals surface area contributed by atoms with E-state index in [4.69, 9.17) is 4.42 Å².